The molecule has 84 valence electrons. The standard InChI is InChI=1S/C4H6BF6NS2/c1-5(2)12(13-3(6,7)8)14-4(9,10)11/h1-2H3. The van der Waals surface area contributed by atoms with Crippen LogP contribution in [0, 0.1) is 0 Å². The molecule has 0 aromatic heterocycles. The van der Waals surface area contributed by atoms with E-state index in [0.29, 0.717) is 0 Å². The van der Waals surface area contributed by atoms with Crippen molar-refractivity contribution in [3.8, 4) is 0 Å². The summed E-state index contributed by atoms with van der Waals surface area (Å²) in [4.78, 5) is 0. The Balaban J connectivity index is 4.32. The van der Waals surface area contributed by atoms with Gasteiger partial charge in [0, 0.05) is 23.9 Å². The fraction of sp³-hybridized carbons (Fsp3) is 1.00. The summed E-state index contributed by atoms with van der Waals surface area (Å²) in [5.41, 5.74) is -9.41. The fourth-order valence-corrected chi connectivity index (χ4v) is 1.92. The lowest BCUT2D eigenvalue weighted by atomic mass is 9.71. The van der Waals surface area contributed by atoms with Gasteiger partial charge in [0.05, 0.1) is 0 Å². The summed E-state index contributed by atoms with van der Waals surface area (Å²) in [6, 6.07) is 0. The number of rotatable bonds is 3. The molecule has 0 fully saturated rings. The first-order valence-corrected chi connectivity index (χ1v) is 4.87. The predicted octanol–water partition coefficient (Wildman–Crippen LogP) is 3.88. The highest BCUT2D eigenvalue weighted by Crippen LogP contribution is 2.44. The Labute approximate surface area is 85.9 Å². The number of halogens is 6. The van der Waals surface area contributed by atoms with Crippen LogP contribution in [0.4, 0.5) is 26.3 Å². The van der Waals surface area contributed by atoms with Crippen LogP contribution in [0.5, 0.6) is 0 Å². The van der Waals surface area contributed by atoms with Gasteiger partial charge in [-0.05, 0) is 0 Å². The molecule has 0 aromatic carbocycles. The molecule has 0 heterocycles. The number of hydrogen-bond acceptors (Lipinski definition) is 3. The van der Waals surface area contributed by atoms with Crippen molar-refractivity contribution in [2.24, 2.45) is 0 Å². The summed E-state index contributed by atoms with van der Waals surface area (Å²) in [5, 5.41) is 0. The zero-order chi connectivity index (χ0) is 11.6. The van der Waals surface area contributed by atoms with Crippen LogP contribution < -0.4 is 0 Å². The lowest BCUT2D eigenvalue weighted by Crippen LogP contribution is -2.28. The average Bonchev–Trinajstić information content (AvgIpc) is 1.78. The molecule has 14 heavy (non-hydrogen) atoms. The van der Waals surface area contributed by atoms with Crippen molar-refractivity contribution in [2.75, 3.05) is 0 Å². The van der Waals surface area contributed by atoms with E-state index >= 15 is 0 Å². The summed E-state index contributed by atoms with van der Waals surface area (Å²) in [6.45, 7) is 1.63. The molecule has 0 aromatic rings. The molecular formula is C4H6BF6NS2. The number of hydrogen-bond donors (Lipinski definition) is 0. The van der Waals surface area contributed by atoms with Gasteiger partial charge in [-0.1, -0.05) is 13.6 Å². The van der Waals surface area contributed by atoms with Crippen molar-refractivity contribution in [3.63, 3.8) is 0 Å². The SMILES string of the molecule is CB(C)N(SC(F)(F)F)SC(F)(F)F. The third-order valence-electron chi connectivity index (χ3n) is 0.809. The number of nitrogens with zero attached hydrogens (tertiary/aromatic N) is 1. The van der Waals surface area contributed by atoms with Crippen molar-refractivity contribution < 1.29 is 26.3 Å². The van der Waals surface area contributed by atoms with E-state index in [2.05, 4.69) is 0 Å². The maximum absolute atomic E-state index is 11.8. The Bertz CT molecular complexity index is 164. The smallest absolute Gasteiger partial charge is 0.223 e. The highest BCUT2D eigenvalue weighted by molar-refractivity contribution is 8.14. The van der Waals surface area contributed by atoms with Crippen LogP contribution in [0.3, 0.4) is 0 Å². The molecule has 0 amide bonds. The molecule has 0 radical (unpaired) electrons. The van der Waals surface area contributed by atoms with Gasteiger partial charge in [0.15, 0.2) is 0 Å². The minimum Gasteiger partial charge on any atom is -0.223 e. The van der Waals surface area contributed by atoms with E-state index in [1.54, 1.807) is 0 Å². The van der Waals surface area contributed by atoms with E-state index in [4.69, 9.17) is 0 Å². The second kappa shape index (κ2) is 4.89. The first kappa shape index (κ1) is 14.3. The molecule has 0 saturated carbocycles. The summed E-state index contributed by atoms with van der Waals surface area (Å²) < 4.78 is 70.9. The Hall–Kier alpha value is 0.305. The van der Waals surface area contributed by atoms with Gasteiger partial charge in [-0.25, -0.2) is 3.62 Å². The third kappa shape index (κ3) is 7.68. The lowest BCUT2D eigenvalue weighted by molar-refractivity contribution is -0.0369. The quantitative estimate of drug-likeness (QED) is 0.429. The minimum atomic E-state index is -4.71. The van der Waals surface area contributed by atoms with E-state index in [-0.39, 0.29) is 3.62 Å². The molecule has 0 aliphatic carbocycles. The summed E-state index contributed by atoms with van der Waals surface area (Å²) in [7, 11) is 0. The molecule has 0 atom stereocenters. The Morgan fingerprint density at radius 3 is 1.29 bits per heavy atom. The van der Waals surface area contributed by atoms with Crippen LogP contribution in [0.2, 0.25) is 13.6 Å². The second-order valence-corrected chi connectivity index (χ2v) is 4.76. The zero-order valence-electron chi connectivity index (χ0n) is 7.11. The first-order valence-electron chi connectivity index (χ1n) is 3.32. The maximum Gasteiger partial charge on any atom is 0.456 e. The minimum absolute atomic E-state index is 0.167. The molecule has 1 nitrogen and oxygen atoms in total. The second-order valence-electron chi connectivity index (χ2n) is 2.45. The fourth-order valence-electron chi connectivity index (χ4n) is 0.433. The summed E-state index contributed by atoms with van der Waals surface area (Å²) in [6.07, 6.45) is 0. The van der Waals surface area contributed by atoms with Gasteiger partial charge < -0.3 is 0 Å². The molecule has 0 N–H and O–H groups in total. The third-order valence-corrected chi connectivity index (χ3v) is 2.87. The van der Waals surface area contributed by atoms with Gasteiger partial charge >= 0.3 is 11.0 Å². The van der Waals surface area contributed by atoms with E-state index in [0.717, 1.165) is 0 Å². The van der Waals surface area contributed by atoms with E-state index in [9.17, 15) is 26.3 Å². The van der Waals surface area contributed by atoms with E-state index < -0.39 is 41.8 Å². The molecular weight excluding hydrogens is 251 g/mol. The first-order chi connectivity index (χ1) is 6.01. The van der Waals surface area contributed by atoms with Gasteiger partial charge in [-0.2, -0.15) is 26.3 Å². The molecule has 0 rings (SSSR count). The Morgan fingerprint density at radius 1 is 0.857 bits per heavy atom. The molecule has 0 aliphatic heterocycles. The summed E-state index contributed by atoms with van der Waals surface area (Å²) in [5.74, 6) is 0. The van der Waals surface area contributed by atoms with Gasteiger partial charge in [-0.15, -0.1) is 0 Å². The number of alkyl halides is 6. The van der Waals surface area contributed by atoms with Crippen LogP contribution in [0.25, 0.3) is 0 Å². The van der Waals surface area contributed by atoms with Crippen LogP contribution >= 0.6 is 23.9 Å². The van der Waals surface area contributed by atoms with Crippen molar-refractivity contribution in [3.05, 3.63) is 0 Å². The van der Waals surface area contributed by atoms with Gasteiger partial charge in [-0.3, -0.25) is 0 Å². The lowest BCUT2D eigenvalue weighted by Gasteiger charge is -2.23. The van der Waals surface area contributed by atoms with E-state index in [1.807, 2.05) is 0 Å². The van der Waals surface area contributed by atoms with Crippen LogP contribution in [0.15, 0.2) is 0 Å². The molecule has 0 unspecified atom stereocenters. The summed E-state index contributed by atoms with van der Waals surface area (Å²) >= 11 is -1.57. The maximum atomic E-state index is 11.8. The topological polar surface area (TPSA) is 3.24 Å². The van der Waals surface area contributed by atoms with E-state index in [1.165, 1.54) is 13.6 Å². The highest BCUT2D eigenvalue weighted by Gasteiger charge is 2.41. The molecule has 10 heteroatoms. The van der Waals surface area contributed by atoms with Gasteiger partial charge in [0.25, 0.3) is 0 Å². The Kier molecular flexibility index (Phi) is 4.99. The normalized spacial score (nSPS) is 13.5. The monoisotopic (exact) mass is 257 g/mol. The van der Waals surface area contributed by atoms with Crippen LogP contribution in [0.1, 0.15) is 0 Å². The molecule has 0 spiro atoms. The molecule has 0 saturated heterocycles. The average molecular weight is 257 g/mol. The van der Waals surface area contributed by atoms with Crippen molar-refractivity contribution in [2.45, 2.75) is 24.7 Å². The molecule has 0 aliphatic rings. The molecule has 0 bridgehead atoms. The van der Waals surface area contributed by atoms with Crippen LogP contribution in [-0.2, 0) is 0 Å². The van der Waals surface area contributed by atoms with Crippen molar-refractivity contribution in [1.29, 1.82) is 0 Å². The largest absolute Gasteiger partial charge is 0.456 e. The van der Waals surface area contributed by atoms with Gasteiger partial charge in [0.2, 0.25) is 6.85 Å². The zero-order valence-corrected chi connectivity index (χ0v) is 8.74. The predicted molar refractivity (Wildman–Crippen MR) is 46.6 cm³/mol. The van der Waals surface area contributed by atoms with Crippen molar-refractivity contribution in [1.82, 2.24) is 3.62 Å². The van der Waals surface area contributed by atoms with Crippen LogP contribution in [-0.4, -0.2) is 21.5 Å². The Morgan fingerprint density at radius 2 is 1.14 bits per heavy atom. The highest BCUT2D eigenvalue weighted by atomic mass is 32.2. The van der Waals surface area contributed by atoms with Gasteiger partial charge in [0.1, 0.15) is 0 Å². The van der Waals surface area contributed by atoms with Crippen molar-refractivity contribution >= 4 is 30.7 Å².